The number of unbranched alkanes of at least 4 members (excludes halogenated alkanes) is 3. The average Bonchev–Trinajstić information content (AvgIpc) is 3.19. The molecule has 0 spiro atoms. The summed E-state index contributed by atoms with van der Waals surface area (Å²) in [7, 11) is 0. The van der Waals surface area contributed by atoms with Crippen LogP contribution in [0.5, 0.6) is 0 Å². The normalized spacial score (nSPS) is 16.0. The van der Waals surface area contributed by atoms with Gasteiger partial charge in [-0.15, -0.1) is 0 Å². The second-order valence-electron chi connectivity index (χ2n) is 7.82. The lowest BCUT2D eigenvalue weighted by Gasteiger charge is -2.20. The summed E-state index contributed by atoms with van der Waals surface area (Å²) in [6.07, 6.45) is 12.9. The summed E-state index contributed by atoms with van der Waals surface area (Å²) in [5.41, 5.74) is 0. The highest BCUT2D eigenvalue weighted by atomic mass is 16.4. The van der Waals surface area contributed by atoms with Crippen LogP contribution in [0.1, 0.15) is 64.2 Å². The van der Waals surface area contributed by atoms with Crippen molar-refractivity contribution in [1.82, 2.24) is 9.80 Å². The van der Waals surface area contributed by atoms with Crippen LogP contribution in [0.3, 0.4) is 0 Å². The van der Waals surface area contributed by atoms with Crippen LogP contribution in [0.15, 0.2) is 24.3 Å². The quantitative estimate of drug-likeness (QED) is 0.323. The first-order chi connectivity index (χ1) is 14.4. The van der Waals surface area contributed by atoms with Gasteiger partial charge in [0.25, 0.3) is 23.6 Å². The molecule has 0 aromatic rings. The van der Waals surface area contributed by atoms with E-state index < -0.39 is 5.97 Å². The molecule has 0 fully saturated rings. The summed E-state index contributed by atoms with van der Waals surface area (Å²) < 4.78 is 0. The molecule has 2 aliphatic rings. The van der Waals surface area contributed by atoms with E-state index in [2.05, 4.69) is 0 Å². The molecule has 0 saturated heterocycles. The van der Waals surface area contributed by atoms with Gasteiger partial charge in [0, 0.05) is 43.8 Å². The van der Waals surface area contributed by atoms with E-state index >= 15 is 0 Å². The van der Waals surface area contributed by atoms with E-state index in [1.165, 1.54) is 34.1 Å². The summed E-state index contributed by atoms with van der Waals surface area (Å²) >= 11 is 0. The number of carbonyl (C=O) groups is 5. The standard InChI is InChI=1S/C22H30N2O6/c25-18-11-12-19(26)23(18)15-5-8-17(7-3-1-2-4-10-22(29)30)9-6-16-24-20(27)13-14-21(24)28/h11-14,17H,1-10,15-16H2,(H,29,30). The zero-order valence-electron chi connectivity index (χ0n) is 17.3. The maximum Gasteiger partial charge on any atom is 0.303 e. The fourth-order valence-electron chi connectivity index (χ4n) is 3.87. The third-order valence-corrected chi connectivity index (χ3v) is 5.54. The Kier molecular flexibility index (Phi) is 9.44. The minimum atomic E-state index is -0.770. The number of rotatable bonds is 15. The highest BCUT2D eigenvalue weighted by Gasteiger charge is 2.24. The molecular weight excluding hydrogens is 388 g/mol. The summed E-state index contributed by atoms with van der Waals surface area (Å²) in [5.74, 6) is -1.48. The summed E-state index contributed by atoms with van der Waals surface area (Å²) in [5, 5.41) is 8.69. The summed E-state index contributed by atoms with van der Waals surface area (Å²) in [4.78, 5) is 59.7. The topological polar surface area (TPSA) is 112 Å². The molecule has 0 bridgehead atoms. The second kappa shape index (κ2) is 12.0. The molecule has 8 heteroatoms. The molecule has 4 amide bonds. The Morgan fingerprint density at radius 3 is 1.50 bits per heavy atom. The Labute approximate surface area is 176 Å². The van der Waals surface area contributed by atoms with E-state index in [0.29, 0.717) is 38.3 Å². The van der Waals surface area contributed by atoms with E-state index in [0.717, 1.165) is 38.5 Å². The van der Waals surface area contributed by atoms with Gasteiger partial charge in [-0.25, -0.2) is 0 Å². The van der Waals surface area contributed by atoms with Crippen molar-refractivity contribution in [2.75, 3.05) is 13.1 Å². The van der Waals surface area contributed by atoms with E-state index in [-0.39, 0.29) is 30.0 Å². The van der Waals surface area contributed by atoms with E-state index in [1.807, 2.05) is 0 Å². The molecule has 8 nitrogen and oxygen atoms in total. The van der Waals surface area contributed by atoms with E-state index in [9.17, 15) is 24.0 Å². The number of imide groups is 2. The van der Waals surface area contributed by atoms with Gasteiger partial charge >= 0.3 is 5.97 Å². The fourth-order valence-corrected chi connectivity index (χ4v) is 3.87. The van der Waals surface area contributed by atoms with Crippen molar-refractivity contribution in [3.63, 3.8) is 0 Å². The van der Waals surface area contributed by atoms with Crippen molar-refractivity contribution >= 4 is 29.6 Å². The molecule has 0 unspecified atom stereocenters. The van der Waals surface area contributed by atoms with Gasteiger partial charge in [-0.3, -0.25) is 33.8 Å². The highest BCUT2D eigenvalue weighted by Crippen LogP contribution is 2.23. The number of carboxylic acid groups (broad SMARTS) is 1. The molecule has 1 N–H and O–H groups in total. The van der Waals surface area contributed by atoms with Gasteiger partial charge in [0.1, 0.15) is 0 Å². The molecule has 164 valence electrons. The molecular formula is C22H30N2O6. The number of hydrogen-bond acceptors (Lipinski definition) is 5. The Morgan fingerprint density at radius 2 is 1.07 bits per heavy atom. The van der Waals surface area contributed by atoms with Crippen molar-refractivity contribution in [1.29, 1.82) is 0 Å². The first-order valence-corrected chi connectivity index (χ1v) is 10.7. The zero-order chi connectivity index (χ0) is 21.9. The molecule has 0 aromatic carbocycles. The third kappa shape index (κ3) is 7.57. The first-order valence-electron chi connectivity index (χ1n) is 10.7. The van der Waals surface area contributed by atoms with E-state index in [1.54, 1.807) is 0 Å². The minimum absolute atomic E-state index is 0.196. The van der Waals surface area contributed by atoms with Crippen LogP contribution in [-0.2, 0) is 24.0 Å². The number of hydrogen-bond donors (Lipinski definition) is 1. The van der Waals surface area contributed by atoms with Gasteiger partial charge in [0.05, 0.1) is 0 Å². The average molecular weight is 418 g/mol. The number of carbonyl (C=O) groups excluding carboxylic acids is 4. The molecule has 30 heavy (non-hydrogen) atoms. The Bertz CT molecular complexity index is 643. The molecule has 0 radical (unpaired) electrons. The van der Waals surface area contributed by atoms with Crippen molar-refractivity contribution in [3.05, 3.63) is 24.3 Å². The van der Waals surface area contributed by atoms with Crippen LogP contribution < -0.4 is 0 Å². The monoisotopic (exact) mass is 418 g/mol. The Balaban J connectivity index is 1.73. The second-order valence-corrected chi connectivity index (χ2v) is 7.82. The summed E-state index contributed by atoms with van der Waals surface area (Å²) in [6, 6.07) is 0. The van der Waals surface area contributed by atoms with Gasteiger partial charge in [-0.2, -0.15) is 0 Å². The lowest BCUT2D eigenvalue weighted by molar-refractivity contribution is -0.138. The van der Waals surface area contributed by atoms with Crippen LogP contribution in [-0.4, -0.2) is 57.6 Å². The van der Waals surface area contributed by atoms with Gasteiger partial charge in [0.2, 0.25) is 0 Å². The Morgan fingerprint density at radius 1 is 0.667 bits per heavy atom. The fraction of sp³-hybridized carbons (Fsp3) is 0.591. The maximum atomic E-state index is 11.7. The lowest BCUT2D eigenvalue weighted by Crippen LogP contribution is -2.31. The van der Waals surface area contributed by atoms with Crippen LogP contribution in [0, 0.1) is 5.92 Å². The van der Waals surface area contributed by atoms with Crippen LogP contribution in [0.25, 0.3) is 0 Å². The van der Waals surface area contributed by atoms with Crippen LogP contribution >= 0.6 is 0 Å². The van der Waals surface area contributed by atoms with Gasteiger partial charge in [-0.05, 0) is 38.0 Å². The molecule has 2 heterocycles. The smallest absolute Gasteiger partial charge is 0.303 e. The SMILES string of the molecule is O=C(O)CCCCCCC(CCCN1C(=O)C=CC1=O)CCCN1C(=O)C=CC1=O. The lowest BCUT2D eigenvalue weighted by atomic mass is 9.91. The first kappa shape index (κ1) is 23.5. The number of aliphatic carboxylic acids is 1. The predicted octanol–water partition coefficient (Wildman–Crippen LogP) is 2.44. The maximum absolute atomic E-state index is 11.7. The highest BCUT2D eigenvalue weighted by molar-refractivity contribution is 6.13. The predicted molar refractivity (Wildman–Crippen MR) is 109 cm³/mol. The van der Waals surface area contributed by atoms with Crippen LogP contribution in [0.2, 0.25) is 0 Å². The number of nitrogens with zero attached hydrogens (tertiary/aromatic N) is 2. The van der Waals surface area contributed by atoms with Gasteiger partial charge in [-0.1, -0.05) is 25.7 Å². The largest absolute Gasteiger partial charge is 0.481 e. The molecule has 2 rings (SSSR count). The molecule has 0 atom stereocenters. The van der Waals surface area contributed by atoms with Crippen molar-refractivity contribution in [2.45, 2.75) is 64.2 Å². The Hall–Kier alpha value is -2.77. The molecule has 0 aliphatic carbocycles. The third-order valence-electron chi connectivity index (χ3n) is 5.54. The van der Waals surface area contributed by atoms with Crippen molar-refractivity contribution in [2.24, 2.45) is 5.92 Å². The van der Waals surface area contributed by atoms with Crippen LogP contribution in [0.4, 0.5) is 0 Å². The van der Waals surface area contributed by atoms with Crippen molar-refractivity contribution in [3.8, 4) is 0 Å². The minimum Gasteiger partial charge on any atom is -0.481 e. The zero-order valence-corrected chi connectivity index (χ0v) is 17.3. The number of amides is 4. The molecule has 0 aromatic heterocycles. The van der Waals surface area contributed by atoms with E-state index in [4.69, 9.17) is 5.11 Å². The van der Waals surface area contributed by atoms with Gasteiger partial charge in [0.15, 0.2) is 0 Å². The number of carboxylic acids is 1. The van der Waals surface area contributed by atoms with Crippen molar-refractivity contribution < 1.29 is 29.1 Å². The summed E-state index contributed by atoms with van der Waals surface area (Å²) in [6.45, 7) is 0.791. The van der Waals surface area contributed by atoms with Gasteiger partial charge < -0.3 is 5.11 Å². The molecule has 2 aliphatic heterocycles. The molecule has 0 saturated carbocycles.